The molecule has 0 spiro atoms. The number of nitrogens with zero attached hydrogens (tertiary/aromatic N) is 3. The van der Waals surface area contributed by atoms with Crippen molar-refractivity contribution in [2.45, 2.75) is 0 Å². The Hall–Kier alpha value is -0.720. The summed E-state index contributed by atoms with van der Waals surface area (Å²) in [4.78, 5) is 6.44. The second kappa shape index (κ2) is 5.23. The van der Waals surface area contributed by atoms with Crippen LogP contribution in [0.1, 0.15) is 0 Å². The first kappa shape index (κ1) is 9.82. The summed E-state index contributed by atoms with van der Waals surface area (Å²) in [7, 11) is 0. The first-order valence-corrected chi connectivity index (χ1v) is 5.53. The van der Waals surface area contributed by atoms with Gasteiger partial charge in [0, 0.05) is 37.7 Å². The third-order valence-electron chi connectivity index (χ3n) is 2.17. The Morgan fingerprint density at radius 3 is 3.07 bits per heavy atom. The Kier molecular flexibility index (Phi) is 3.67. The molecule has 5 nitrogen and oxygen atoms in total. The standard InChI is InChI=1S/C8H14N4OS/c1(9-8-10-7-11-14-8)2-12-3-5-13-6-4-12/h7H,1-6H2,(H,9,10,11). The van der Waals surface area contributed by atoms with E-state index in [0.29, 0.717) is 0 Å². The van der Waals surface area contributed by atoms with Crippen LogP contribution in [0.15, 0.2) is 6.33 Å². The van der Waals surface area contributed by atoms with Crippen LogP contribution in [0.25, 0.3) is 0 Å². The van der Waals surface area contributed by atoms with E-state index >= 15 is 0 Å². The highest BCUT2D eigenvalue weighted by atomic mass is 32.1. The lowest BCUT2D eigenvalue weighted by molar-refractivity contribution is 0.0398. The van der Waals surface area contributed by atoms with E-state index < -0.39 is 0 Å². The van der Waals surface area contributed by atoms with E-state index in [1.54, 1.807) is 6.33 Å². The van der Waals surface area contributed by atoms with Gasteiger partial charge in [-0.15, -0.1) is 0 Å². The van der Waals surface area contributed by atoms with Crippen LogP contribution >= 0.6 is 11.5 Å². The van der Waals surface area contributed by atoms with Crippen molar-refractivity contribution in [3.05, 3.63) is 6.33 Å². The van der Waals surface area contributed by atoms with Gasteiger partial charge in [-0.3, -0.25) is 4.90 Å². The zero-order valence-electron chi connectivity index (χ0n) is 7.98. The molecule has 1 N–H and O–H groups in total. The molecule has 0 radical (unpaired) electrons. The molecule has 1 aliphatic heterocycles. The zero-order chi connectivity index (χ0) is 9.64. The molecule has 2 rings (SSSR count). The van der Waals surface area contributed by atoms with Crippen LogP contribution in [-0.4, -0.2) is 53.7 Å². The molecular weight excluding hydrogens is 200 g/mol. The van der Waals surface area contributed by atoms with Crippen molar-refractivity contribution in [3.8, 4) is 0 Å². The molecule has 1 fully saturated rings. The summed E-state index contributed by atoms with van der Waals surface area (Å²) in [6.07, 6.45) is 1.57. The zero-order valence-corrected chi connectivity index (χ0v) is 8.79. The smallest absolute Gasteiger partial charge is 0.202 e. The van der Waals surface area contributed by atoms with Crippen molar-refractivity contribution in [2.24, 2.45) is 0 Å². The van der Waals surface area contributed by atoms with Crippen LogP contribution in [-0.2, 0) is 4.74 Å². The third kappa shape index (κ3) is 2.90. The first-order chi connectivity index (χ1) is 6.95. The lowest BCUT2D eigenvalue weighted by Crippen LogP contribution is -2.38. The second-order valence-corrected chi connectivity index (χ2v) is 3.91. The Balaban J connectivity index is 1.62. The number of rotatable bonds is 4. The quantitative estimate of drug-likeness (QED) is 0.780. The molecule has 0 bridgehead atoms. The van der Waals surface area contributed by atoms with Crippen molar-refractivity contribution >= 4 is 16.7 Å². The third-order valence-corrected chi connectivity index (χ3v) is 2.79. The van der Waals surface area contributed by atoms with E-state index in [-0.39, 0.29) is 0 Å². The number of morpholine rings is 1. The molecule has 0 amide bonds. The van der Waals surface area contributed by atoms with Gasteiger partial charge in [-0.25, -0.2) is 4.98 Å². The molecule has 0 atom stereocenters. The molecular formula is C8H14N4OS. The molecule has 2 heterocycles. The molecule has 78 valence electrons. The number of aromatic nitrogens is 2. The van der Waals surface area contributed by atoms with Crippen LogP contribution in [0.5, 0.6) is 0 Å². The van der Waals surface area contributed by atoms with E-state index in [0.717, 1.165) is 44.5 Å². The summed E-state index contributed by atoms with van der Waals surface area (Å²) in [5.74, 6) is 0. The Morgan fingerprint density at radius 2 is 2.36 bits per heavy atom. The van der Waals surface area contributed by atoms with Crippen LogP contribution < -0.4 is 5.32 Å². The van der Waals surface area contributed by atoms with Gasteiger partial charge in [0.1, 0.15) is 6.33 Å². The van der Waals surface area contributed by atoms with Gasteiger partial charge in [-0.05, 0) is 0 Å². The highest BCUT2D eigenvalue weighted by Crippen LogP contribution is 2.05. The molecule has 0 saturated carbocycles. The van der Waals surface area contributed by atoms with E-state index in [1.807, 2.05) is 0 Å². The van der Waals surface area contributed by atoms with Crippen molar-refractivity contribution in [1.29, 1.82) is 0 Å². The van der Waals surface area contributed by atoms with Crippen molar-refractivity contribution in [2.75, 3.05) is 44.7 Å². The number of hydrogen-bond acceptors (Lipinski definition) is 6. The number of hydrogen-bond donors (Lipinski definition) is 1. The van der Waals surface area contributed by atoms with Crippen LogP contribution in [0, 0.1) is 0 Å². The lowest BCUT2D eigenvalue weighted by Gasteiger charge is -2.26. The van der Waals surface area contributed by atoms with Crippen LogP contribution in [0.4, 0.5) is 5.13 Å². The molecule has 14 heavy (non-hydrogen) atoms. The summed E-state index contributed by atoms with van der Waals surface area (Å²) in [5.41, 5.74) is 0. The van der Waals surface area contributed by atoms with Gasteiger partial charge in [0.15, 0.2) is 0 Å². The summed E-state index contributed by atoms with van der Waals surface area (Å²) in [6.45, 7) is 5.77. The summed E-state index contributed by atoms with van der Waals surface area (Å²) >= 11 is 1.39. The van der Waals surface area contributed by atoms with Gasteiger partial charge in [-0.1, -0.05) is 0 Å². The minimum atomic E-state index is 0.860. The lowest BCUT2D eigenvalue weighted by atomic mass is 10.4. The number of nitrogens with one attached hydrogen (secondary N) is 1. The number of ether oxygens (including phenoxy) is 1. The Bertz CT molecular complexity index is 248. The van der Waals surface area contributed by atoms with Gasteiger partial charge in [0.2, 0.25) is 5.13 Å². The topological polar surface area (TPSA) is 50.3 Å². The van der Waals surface area contributed by atoms with Gasteiger partial charge in [0.25, 0.3) is 0 Å². The van der Waals surface area contributed by atoms with Crippen molar-refractivity contribution < 1.29 is 4.74 Å². The largest absolute Gasteiger partial charge is 0.379 e. The highest BCUT2D eigenvalue weighted by molar-refractivity contribution is 7.09. The summed E-state index contributed by atoms with van der Waals surface area (Å²) in [5, 5.41) is 4.14. The van der Waals surface area contributed by atoms with E-state index in [4.69, 9.17) is 4.74 Å². The van der Waals surface area contributed by atoms with E-state index in [2.05, 4.69) is 19.6 Å². The second-order valence-electron chi connectivity index (χ2n) is 3.13. The predicted octanol–water partition coefficient (Wildman–Crippen LogP) is 0.282. The fourth-order valence-electron chi connectivity index (χ4n) is 1.40. The fraction of sp³-hybridized carbons (Fsp3) is 0.750. The Morgan fingerprint density at radius 1 is 1.50 bits per heavy atom. The molecule has 0 aromatic carbocycles. The molecule has 1 saturated heterocycles. The van der Waals surface area contributed by atoms with Crippen LogP contribution in [0.2, 0.25) is 0 Å². The molecule has 0 unspecified atom stereocenters. The molecule has 0 aliphatic carbocycles. The van der Waals surface area contributed by atoms with Gasteiger partial charge < -0.3 is 10.1 Å². The van der Waals surface area contributed by atoms with Gasteiger partial charge in [-0.2, -0.15) is 4.37 Å². The highest BCUT2D eigenvalue weighted by Gasteiger charge is 2.09. The minimum absolute atomic E-state index is 0.860. The molecule has 1 aliphatic rings. The molecule has 1 aromatic heterocycles. The van der Waals surface area contributed by atoms with E-state index in [9.17, 15) is 0 Å². The van der Waals surface area contributed by atoms with Gasteiger partial charge in [0.05, 0.1) is 13.2 Å². The first-order valence-electron chi connectivity index (χ1n) is 4.76. The maximum absolute atomic E-state index is 5.27. The predicted molar refractivity (Wildman–Crippen MR) is 55.7 cm³/mol. The van der Waals surface area contributed by atoms with Crippen molar-refractivity contribution in [1.82, 2.24) is 14.3 Å². The average Bonchev–Trinajstić information content (AvgIpc) is 2.72. The maximum atomic E-state index is 5.27. The average molecular weight is 214 g/mol. The SMILES string of the molecule is c1nsc(NCCN2CCOCC2)n1. The van der Waals surface area contributed by atoms with E-state index in [1.165, 1.54) is 11.5 Å². The number of anilines is 1. The normalized spacial score (nSPS) is 18.3. The van der Waals surface area contributed by atoms with Crippen molar-refractivity contribution in [3.63, 3.8) is 0 Å². The fourth-order valence-corrected chi connectivity index (χ4v) is 1.85. The molecule has 1 aromatic rings. The van der Waals surface area contributed by atoms with Crippen LogP contribution in [0.3, 0.4) is 0 Å². The maximum Gasteiger partial charge on any atom is 0.202 e. The monoisotopic (exact) mass is 214 g/mol. The molecule has 6 heteroatoms. The summed E-state index contributed by atoms with van der Waals surface area (Å²) in [6, 6.07) is 0. The van der Waals surface area contributed by atoms with Gasteiger partial charge >= 0.3 is 0 Å². The minimum Gasteiger partial charge on any atom is -0.379 e. The summed E-state index contributed by atoms with van der Waals surface area (Å²) < 4.78 is 9.19. The Labute approximate surface area is 87.3 Å².